The predicted molar refractivity (Wildman–Crippen MR) is 83.5 cm³/mol. The zero-order chi connectivity index (χ0) is 15.0. The number of benzene rings is 1. The normalized spacial score (nSPS) is 11.8. The Morgan fingerprint density at radius 1 is 1.19 bits per heavy atom. The van der Waals surface area contributed by atoms with E-state index in [1.54, 1.807) is 0 Å². The summed E-state index contributed by atoms with van der Waals surface area (Å²) in [5.41, 5.74) is 2.42. The molecule has 3 N–H and O–H groups in total. The van der Waals surface area contributed by atoms with Gasteiger partial charge in [-0.25, -0.2) is 0 Å². The highest BCUT2D eigenvalue weighted by molar-refractivity contribution is 6.05. The van der Waals surface area contributed by atoms with Crippen LogP contribution < -0.4 is 5.32 Å². The lowest BCUT2D eigenvalue weighted by Gasteiger charge is -2.14. The molecule has 3 rings (SSSR count). The minimum absolute atomic E-state index is 0.0307. The molecule has 5 heteroatoms. The predicted octanol–water partition coefficient (Wildman–Crippen LogP) is 3.44. The van der Waals surface area contributed by atoms with Crippen LogP contribution in [-0.4, -0.2) is 21.1 Å². The molecule has 0 saturated carbocycles. The number of aromatic nitrogens is 3. The van der Waals surface area contributed by atoms with Crippen molar-refractivity contribution in [1.82, 2.24) is 15.2 Å². The van der Waals surface area contributed by atoms with Crippen LogP contribution in [0.2, 0.25) is 0 Å². The van der Waals surface area contributed by atoms with Gasteiger partial charge in [0.05, 0.1) is 0 Å². The van der Waals surface area contributed by atoms with Crippen molar-refractivity contribution in [1.29, 1.82) is 0 Å². The van der Waals surface area contributed by atoms with Gasteiger partial charge in [0, 0.05) is 28.1 Å². The SMILES string of the molecule is CC(C)(C)c1cc(NC(=O)c2cc3ccccc3[nH]2)n[nH]1. The van der Waals surface area contributed by atoms with Gasteiger partial charge in [-0.1, -0.05) is 39.0 Å². The van der Waals surface area contributed by atoms with Crippen molar-refractivity contribution >= 4 is 22.6 Å². The Bertz CT molecular complexity index is 759. The number of aromatic amines is 2. The fraction of sp³-hybridized carbons (Fsp3) is 0.250. The van der Waals surface area contributed by atoms with E-state index in [0.29, 0.717) is 11.5 Å². The summed E-state index contributed by atoms with van der Waals surface area (Å²) in [6.45, 7) is 6.26. The van der Waals surface area contributed by atoms with Crippen LogP contribution >= 0.6 is 0 Å². The topological polar surface area (TPSA) is 73.6 Å². The zero-order valence-electron chi connectivity index (χ0n) is 12.3. The summed E-state index contributed by atoms with van der Waals surface area (Å²) in [6.07, 6.45) is 0. The summed E-state index contributed by atoms with van der Waals surface area (Å²) in [6, 6.07) is 11.5. The molecule has 108 valence electrons. The van der Waals surface area contributed by atoms with E-state index in [9.17, 15) is 4.79 Å². The van der Waals surface area contributed by atoms with Gasteiger partial charge in [0.15, 0.2) is 5.82 Å². The van der Waals surface area contributed by atoms with Gasteiger partial charge >= 0.3 is 0 Å². The van der Waals surface area contributed by atoms with Crippen LogP contribution in [-0.2, 0) is 5.41 Å². The van der Waals surface area contributed by atoms with E-state index in [1.165, 1.54) is 0 Å². The van der Waals surface area contributed by atoms with Crippen molar-refractivity contribution in [2.24, 2.45) is 0 Å². The molecule has 0 saturated heterocycles. The number of anilines is 1. The molecular weight excluding hydrogens is 264 g/mol. The third-order valence-corrected chi connectivity index (χ3v) is 3.40. The average Bonchev–Trinajstić information content (AvgIpc) is 3.03. The first-order valence-corrected chi connectivity index (χ1v) is 6.88. The molecule has 0 aliphatic heterocycles. The summed E-state index contributed by atoms with van der Waals surface area (Å²) in [7, 11) is 0. The maximum atomic E-state index is 12.2. The van der Waals surface area contributed by atoms with E-state index >= 15 is 0 Å². The smallest absolute Gasteiger partial charge is 0.273 e. The summed E-state index contributed by atoms with van der Waals surface area (Å²) in [4.78, 5) is 15.3. The lowest BCUT2D eigenvalue weighted by molar-refractivity contribution is 0.102. The average molecular weight is 282 g/mol. The van der Waals surface area contributed by atoms with Crippen LogP contribution in [0.25, 0.3) is 10.9 Å². The van der Waals surface area contributed by atoms with Gasteiger partial charge in [-0.3, -0.25) is 9.89 Å². The van der Waals surface area contributed by atoms with Crippen molar-refractivity contribution in [2.45, 2.75) is 26.2 Å². The second-order valence-electron chi connectivity index (χ2n) is 6.14. The second-order valence-corrected chi connectivity index (χ2v) is 6.14. The molecular formula is C16H18N4O. The molecule has 0 atom stereocenters. The van der Waals surface area contributed by atoms with E-state index in [1.807, 2.05) is 36.4 Å². The van der Waals surface area contributed by atoms with Gasteiger partial charge in [-0.15, -0.1) is 0 Å². The van der Waals surface area contributed by atoms with Gasteiger partial charge in [-0.2, -0.15) is 5.10 Å². The fourth-order valence-corrected chi connectivity index (χ4v) is 2.15. The van der Waals surface area contributed by atoms with Crippen LogP contribution in [0, 0.1) is 0 Å². The van der Waals surface area contributed by atoms with E-state index in [4.69, 9.17) is 0 Å². The Labute approximate surface area is 122 Å². The number of amides is 1. The minimum atomic E-state index is -0.196. The van der Waals surface area contributed by atoms with Crippen molar-refractivity contribution in [3.63, 3.8) is 0 Å². The Kier molecular flexibility index (Phi) is 3.05. The van der Waals surface area contributed by atoms with Gasteiger partial charge in [0.1, 0.15) is 5.69 Å². The molecule has 0 radical (unpaired) electrons. The van der Waals surface area contributed by atoms with Crippen LogP contribution in [0.4, 0.5) is 5.82 Å². The number of nitrogens with one attached hydrogen (secondary N) is 3. The number of nitrogens with zero attached hydrogens (tertiary/aromatic N) is 1. The van der Waals surface area contributed by atoms with Crippen molar-refractivity contribution in [3.05, 3.63) is 47.8 Å². The number of para-hydroxylation sites is 1. The highest BCUT2D eigenvalue weighted by Gasteiger charge is 2.18. The lowest BCUT2D eigenvalue weighted by Crippen LogP contribution is -2.12. The molecule has 1 amide bonds. The standard InChI is InChI=1S/C16H18N4O/c1-16(2,3)13-9-14(20-19-13)18-15(21)12-8-10-6-4-5-7-11(10)17-12/h4-9,17H,1-3H3,(H2,18,19,20,21). The van der Waals surface area contributed by atoms with Gasteiger partial charge in [0.25, 0.3) is 5.91 Å². The third kappa shape index (κ3) is 2.67. The number of hydrogen-bond acceptors (Lipinski definition) is 2. The number of carbonyl (C=O) groups excluding carboxylic acids is 1. The second kappa shape index (κ2) is 4.77. The van der Waals surface area contributed by atoms with Gasteiger partial charge < -0.3 is 10.3 Å². The van der Waals surface area contributed by atoms with Gasteiger partial charge in [-0.05, 0) is 12.1 Å². The summed E-state index contributed by atoms with van der Waals surface area (Å²) >= 11 is 0. The van der Waals surface area contributed by atoms with Crippen molar-refractivity contribution < 1.29 is 4.79 Å². The van der Waals surface area contributed by atoms with Crippen LogP contribution in [0.15, 0.2) is 36.4 Å². The number of H-pyrrole nitrogens is 2. The Morgan fingerprint density at radius 3 is 2.62 bits per heavy atom. The van der Waals surface area contributed by atoms with E-state index in [0.717, 1.165) is 16.6 Å². The molecule has 2 heterocycles. The fourth-order valence-electron chi connectivity index (χ4n) is 2.15. The minimum Gasteiger partial charge on any atom is -0.351 e. The molecule has 5 nitrogen and oxygen atoms in total. The first kappa shape index (κ1) is 13.4. The van der Waals surface area contributed by atoms with Crippen molar-refractivity contribution in [2.75, 3.05) is 5.32 Å². The molecule has 0 unspecified atom stereocenters. The number of hydrogen-bond donors (Lipinski definition) is 3. The first-order valence-electron chi connectivity index (χ1n) is 6.88. The van der Waals surface area contributed by atoms with Crippen LogP contribution in [0.1, 0.15) is 37.0 Å². The number of carbonyl (C=O) groups is 1. The summed E-state index contributed by atoms with van der Waals surface area (Å²) in [5, 5.41) is 10.9. The highest BCUT2D eigenvalue weighted by atomic mass is 16.1. The maximum Gasteiger partial charge on any atom is 0.273 e. The van der Waals surface area contributed by atoms with Crippen LogP contribution in [0.5, 0.6) is 0 Å². The molecule has 0 spiro atoms. The van der Waals surface area contributed by atoms with E-state index in [2.05, 4.69) is 41.3 Å². The molecule has 0 aliphatic carbocycles. The Hall–Kier alpha value is -2.56. The monoisotopic (exact) mass is 282 g/mol. The van der Waals surface area contributed by atoms with Gasteiger partial charge in [0.2, 0.25) is 0 Å². The number of fused-ring (bicyclic) bond motifs is 1. The first-order chi connectivity index (χ1) is 9.93. The molecule has 1 aromatic carbocycles. The molecule has 0 aliphatic rings. The Balaban J connectivity index is 1.81. The number of rotatable bonds is 2. The highest BCUT2D eigenvalue weighted by Crippen LogP contribution is 2.22. The third-order valence-electron chi connectivity index (χ3n) is 3.40. The molecule has 0 bridgehead atoms. The molecule has 21 heavy (non-hydrogen) atoms. The van der Waals surface area contributed by atoms with Crippen LogP contribution in [0.3, 0.4) is 0 Å². The van der Waals surface area contributed by atoms with E-state index in [-0.39, 0.29) is 11.3 Å². The van der Waals surface area contributed by atoms with E-state index < -0.39 is 0 Å². The Morgan fingerprint density at radius 2 is 1.95 bits per heavy atom. The molecule has 0 fully saturated rings. The summed E-state index contributed by atoms with van der Waals surface area (Å²) in [5.74, 6) is 0.335. The summed E-state index contributed by atoms with van der Waals surface area (Å²) < 4.78 is 0. The lowest BCUT2D eigenvalue weighted by atomic mass is 9.92. The maximum absolute atomic E-state index is 12.2. The zero-order valence-corrected chi connectivity index (χ0v) is 12.3. The largest absolute Gasteiger partial charge is 0.351 e. The van der Waals surface area contributed by atoms with Crippen molar-refractivity contribution in [3.8, 4) is 0 Å². The molecule has 3 aromatic rings. The molecule has 2 aromatic heterocycles. The quantitative estimate of drug-likeness (QED) is 0.673.